The van der Waals surface area contributed by atoms with Crippen molar-refractivity contribution >= 4 is 24.3 Å². The molecule has 0 heterocycles. The molecule has 0 bridgehead atoms. The second-order valence-corrected chi connectivity index (χ2v) is 2.80. The van der Waals surface area contributed by atoms with Gasteiger partial charge in [0, 0.05) is 0 Å². The number of halogens is 1. The van der Waals surface area contributed by atoms with E-state index < -0.39 is 30.1 Å². The molecule has 0 saturated carbocycles. The van der Waals surface area contributed by atoms with E-state index >= 15 is 0 Å². The van der Waals surface area contributed by atoms with Gasteiger partial charge in [0.15, 0.2) is 0 Å². The molecule has 9 heteroatoms. The highest BCUT2D eigenvalue weighted by Gasteiger charge is 2.16. The maximum absolute atomic E-state index is 9.87. The van der Waals surface area contributed by atoms with Gasteiger partial charge in [0.25, 0.3) is 0 Å². The van der Waals surface area contributed by atoms with Gasteiger partial charge in [0.2, 0.25) is 5.91 Å². The van der Waals surface area contributed by atoms with Gasteiger partial charge in [-0.05, 0) is 6.92 Å². The molecule has 3 atom stereocenters. The van der Waals surface area contributed by atoms with Crippen LogP contribution in [0, 0.1) is 0 Å². The van der Waals surface area contributed by atoms with Crippen LogP contribution in [-0.4, -0.2) is 52.0 Å². The van der Waals surface area contributed by atoms with E-state index in [0.29, 0.717) is 0 Å². The molecule has 0 rings (SSSR count). The van der Waals surface area contributed by atoms with Crippen LogP contribution in [0.1, 0.15) is 6.92 Å². The number of hydrogen-bond donors (Lipinski definition) is 6. The SMILES string of the molecule is CC(O)C(N)C(=O)O.Cl.NC(=O)[C@@H](N)CO. The number of carboxylic acids is 1. The van der Waals surface area contributed by atoms with Crippen molar-refractivity contribution in [3.05, 3.63) is 0 Å². The van der Waals surface area contributed by atoms with Crippen LogP contribution in [0.15, 0.2) is 0 Å². The Hall–Kier alpha value is -0.930. The third kappa shape index (κ3) is 11.1. The van der Waals surface area contributed by atoms with Crippen LogP contribution in [0.5, 0.6) is 0 Å². The van der Waals surface area contributed by atoms with Crippen LogP contribution in [0.3, 0.4) is 0 Å². The highest BCUT2D eigenvalue weighted by atomic mass is 35.5. The van der Waals surface area contributed by atoms with E-state index in [-0.39, 0.29) is 19.0 Å². The normalized spacial score (nSPS) is 14.6. The Morgan fingerprint density at radius 3 is 1.69 bits per heavy atom. The lowest BCUT2D eigenvalue weighted by molar-refractivity contribution is -0.140. The summed E-state index contributed by atoms with van der Waals surface area (Å²) in [4.78, 5) is 19.7. The molecule has 0 radical (unpaired) electrons. The van der Waals surface area contributed by atoms with E-state index in [0.717, 1.165) is 0 Å². The van der Waals surface area contributed by atoms with Gasteiger partial charge in [-0.1, -0.05) is 0 Å². The minimum absolute atomic E-state index is 0. The number of carboxylic acid groups (broad SMARTS) is 1. The molecule has 2 unspecified atom stereocenters. The summed E-state index contributed by atoms with van der Waals surface area (Å²) < 4.78 is 0. The molecule has 0 spiro atoms. The second-order valence-electron chi connectivity index (χ2n) is 2.80. The van der Waals surface area contributed by atoms with E-state index in [2.05, 4.69) is 5.73 Å². The Balaban J connectivity index is -0.000000200. The van der Waals surface area contributed by atoms with E-state index in [1.807, 2.05) is 0 Å². The third-order valence-electron chi connectivity index (χ3n) is 1.37. The average Bonchev–Trinajstić information content (AvgIpc) is 2.15. The largest absolute Gasteiger partial charge is 0.480 e. The fraction of sp³-hybridized carbons (Fsp3) is 0.714. The van der Waals surface area contributed by atoms with Crippen molar-refractivity contribution in [2.24, 2.45) is 17.2 Å². The average molecular weight is 260 g/mol. The third-order valence-corrected chi connectivity index (χ3v) is 1.37. The van der Waals surface area contributed by atoms with Crippen LogP contribution < -0.4 is 17.2 Å². The summed E-state index contributed by atoms with van der Waals surface area (Å²) in [6.07, 6.45) is -0.979. The van der Waals surface area contributed by atoms with Gasteiger partial charge in [-0.25, -0.2) is 0 Å². The van der Waals surface area contributed by atoms with Crippen LogP contribution in [-0.2, 0) is 9.59 Å². The van der Waals surface area contributed by atoms with Gasteiger partial charge in [0.05, 0.1) is 12.7 Å². The summed E-state index contributed by atoms with van der Waals surface area (Å²) in [6.45, 7) is 0.952. The van der Waals surface area contributed by atoms with E-state index in [4.69, 9.17) is 26.8 Å². The zero-order valence-corrected chi connectivity index (χ0v) is 9.55. The molecule has 0 aliphatic rings. The lowest BCUT2D eigenvalue weighted by Gasteiger charge is -2.06. The molecule has 16 heavy (non-hydrogen) atoms. The minimum Gasteiger partial charge on any atom is -0.480 e. The predicted octanol–water partition coefficient (Wildman–Crippen LogP) is -3.01. The summed E-state index contributed by atoms with van der Waals surface area (Å²) in [5, 5.41) is 24.6. The van der Waals surface area contributed by atoms with Gasteiger partial charge < -0.3 is 32.5 Å². The number of rotatable bonds is 4. The van der Waals surface area contributed by atoms with E-state index in [1.165, 1.54) is 6.92 Å². The first-order chi connectivity index (χ1) is 6.73. The van der Waals surface area contributed by atoms with Crippen molar-refractivity contribution in [1.82, 2.24) is 0 Å². The first-order valence-electron chi connectivity index (χ1n) is 4.06. The Kier molecular flexibility index (Phi) is 13.5. The number of hydrogen-bond acceptors (Lipinski definition) is 6. The minimum atomic E-state index is -1.18. The fourth-order valence-corrected chi connectivity index (χ4v) is 0.296. The summed E-state index contributed by atoms with van der Waals surface area (Å²) in [7, 11) is 0. The zero-order chi connectivity index (χ0) is 12.6. The molecule has 0 aromatic carbocycles. The maximum atomic E-state index is 9.87. The number of aliphatic hydroxyl groups excluding tert-OH is 2. The monoisotopic (exact) mass is 259 g/mol. The molecule has 0 fully saturated rings. The first-order valence-corrected chi connectivity index (χ1v) is 4.06. The molecule has 0 aliphatic carbocycles. The lowest BCUT2D eigenvalue weighted by Crippen LogP contribution is -2.39. The first kappa shape index (κ1) is 20.5. The Morgan fingerprint density at radius 2 is 1.69 bits per heavy atom. The quantitative estimate of drug-likeness (QED) is 0.312. The number of carbonyl (C=O) groups is 2. The Morgan fingerprint density at radius 1 is 1.31 bits per heavy atom. The lowest BCUT2D eigenvalue weighted by atomic mass is 10.2. The fourth-order valence-electron chi connectivity index (χ4n) is 0.296. The second kappa shape index (κ2) is 10.6. The van der Waals surface area contributed by atoms with E-state index in [9.17, 15) is 9.59 Å². The highest BCUT2D eigenvalue weighted by Crippen LogP contribution is 1.85. The zero-order valence-electron chi connectivity index (χ0n) is 8.74. The summed E-state index contributed by atoms with van der Waals surface area (Å²) in [5.41, 5.74) is 14.4. The van der Waals surface area contributed by atoms with Crippen molar-refractivity contribution in [1.29, 1.82) is 0 Å². The Bertz CT molecular complexity index is 214. The van der Waals surface area contributed by atoms with Crippen LogP contribution >= 0.6 is 12.4 Å². The van der Waals surface area contributed by atoms with Crippen LogP contribution in [0.2, 0.25) is 0 Å². The highest BCUT2D eigenvalue weighted by molar-refractivity contribution is 5.85. The molecule has 8 nitrogen and oxygen atoms in total. The van der Waals surface area contributed by atoms with Crippen molar-refractivity contribution < 1.29 is 24.9 Å². The summed E-state index contributed by atoms with van der Waals surface area (Å²) >= 11 is 0. The number of amides is 1. The molecule has 0 aromatic rings. The summed E-state index contributed by atoms with van der Waals surface area (Å²) in [6, 6.07) is -2.06. The van der Waals surface area contributed by atoms with Crippen LogP contribution in [0.25, 0.3) is 0 Å². The van der Waals surface area contributed by atoms with Gasteiger partial charge in [-0.2, -0.15) is 0 Å². The number of primary amides is 1. The molecule has 0 aromatic heterocycles. The van der Waals surface area contributed by atoms with E-state index in [1.54, 1.807) is 0 Å². The van der Waals surface area contributed by atoms with Gasteiger partial charge in [0.1, 0.15) is 12.1 Å². The van der Waals surface area contributed by atoms with Gasteiger partial charge in [-0.15, -0.1) is 12.4 Å². The molecular weight excluding hydrogens is 242 g/mol. The Labute approximate surface area is 98.8 Å². The maximum Gasteiger partial charge on any atom is 0.323 e. The molecule has 98 valence electrons. The standard InChI is InChI=1S/C4H9NO3.C3H8N2O2.ClH/c1-2(6)3(5)4(7)8;4-2(1-6)3(5)7;/h2-3,6H,5H2,1H3,(H,7,8);2,6H,1,4H2,(H2,5,7);1H/t;2-;/m.0./s1. The van der Waals surface area contributed by atoms with Crippen molar-refractivity contribution in [2.75, 3.05) is 6.61 Å². The number of aliphatic carboxylic acids is 1. The molecule has 0 saturated heterocycles. The molecular formula is C7H18ClN3O5. The molecule has 0 aliphatic heterocycles. The van der Waals surface area contributed by atoms with Crippen molar-refractivity contribution in [2.45, 2.75) is 25.1 Å². The molecule has 1 amide bonds. The molecule has 9 N–H and O–H groups in total. The number of aliphatic hydroxyl groups is 2. The smallest absolute Gasteiger partial charge is 0.323 e. The van der Waals surface area contributed by atoms with Gasteiger partial charge >= 0.3 is 5.97 Å². The number of carbonyl (C=O) groups excluding carboxylic acids is 1. The number of nitrogens with two attached hydrogens (primary N) is 3. The topological polar surface area (TPSA) is 173 Å². The predicted molar refractivity (Wildman–Crippen MR) is 58.8 cm³/mol. The van der Waals surface area contributed by atoms with Crippen LogP contribution in [0.4, 0.5) is 0 Å². The van der Waals surface area contributed by atoms with Gasteiger partial charge in [-0.3, -0.25) is 9.59 Å². The van der Waals surface area contributed by atoms with Crippen molar-refractivity contribution in [3.63, 3.8) is 0 Å². The van der Waals surface area contributed by atoms with Crippen molar-refractivity contribution in [3.8, 4) is 0 Å². The summed E-state index contributed by atoms with van der Waals surface area (Å²) in [5.74, 6) is -1.86.